The molecule has 0 aliphatic heterocycles. The summed E-state index contributed by atoms with van der Waals surface area (Å²) >= 11 is 3.51. The smallest absolute Gasteiger partial charge is 0.136 e. The first-order valence-corrected chi connectivity index (χ1v) is 5.66. The first-order chi connectivity index (χ1) is 7.65. The molecule has 4 nitrogen and oxygen atoms in total. The predicted octanol–water partition coefficient (Wildman–Crippen LogP) is 2.21. The van der Waals surface area contributed by atoms with Gasteiger partial charge in [-0.2, -0.15) is 0 Å². The number of hydrogen-bond acceptors (Lipinski definition) is 4. The maximum atomic E-state index is 5.32. The van der Waals surface area contributed by atoms with Gasteiger partial charge in [-0.25, -0.2) is 5.90 Å². The van der Waals surface area contributed by atoms with Gasteiger partial charge in [0, 0.05) is 12.0 Å². The SMILES string of the molecule is COc1cc(C)c(OC)c(Br)c1CCON. The first kappa shape index (κ1) is 13.3. The van der Waals surface area contributed by atoms with E-state index in [4.69, 9.17) is 15.4 Å². The Morgan fingerprint density at radius 3 is 2.50 bits per heavy atom. The molecule has 16 heavy (non-hydrogen) atoms. The van der Waals surface area contributed by atoms with Crippen LogP contribution in [0.1, 0.15) is 11.1 Å². The lowest BCUT2D eigenvalue weighted by atomic mass is 10.1. The molecule has 1 aromatic carbocycles. The van der Waals surface area contributed by atoms with Crippen molar-refractivity contribution in [1.29, 1.82) is 0 Å². The summed E-state index contributed by atoms with van der Waals surface area (Å²) in [5.41, 5.74) is 2.01. The zero-order chi connectivity index (χ0) is 12.1. The summed E-state index contributed by atoms with van der Waals surface area (Å²) in [6.45, 7) is 2.40. The van der Waals surface area contributed by atoms with Gasteiger partial charge >= 0.3 is 0 Å². The van der Waals surface area contributed by atoms with E-state index in [0.29, 0.717) is 13.0 Å². The fourth-order valence-corrected chi connectivity index (χ4v) is 2.46. The Labute approximate surface area is 104 Å². The Balaban J connectivity index is 3.20. The van der Waals surface area contributed by atoms with E-state index in [9.17, 15) is 0 Å². The van der Waals surface area contributed by atoms with E-state index >= 15 is 0 Å². The number of halogens is 1. The Hall–Kier alpha value is -0.780. The van der Waals surface area contributed by atoms with Crippen LogP contribution in [0, 0.1) is 6.92 Å². The van der Waals surface area contributed by atoms with Gasteiger partial charge in [-0.1, -0.05) is 0 Å². The molecule has 0 aliphatic rings. The highest BCUT2D eigenvalue weighted by Gasteiger charge is 2.15. The Kier molecular flexibility index (Phi) is 5.05. The maximum Gasteiger partial charge on any atom is 0.136 e. The minimum atomic E-state index is 0.432. The molecule has 0 radical (unpaired) electrons. The van der Waals surface area contributed by atoms with E-state index in [1.165, 1.54) is 0 Å². The van der Waals surface area contributed by atoms with Crippen LogP contribution in [-0.2, 0) is 11.3 Å². The standard InChI is InChI=1S/C11H16BrNO3/c1-7-6-9(14-2)8(4-5-16-13)10(12)11(7)15-3/h6H,4-5,13H2,1-3H3. The van der Waals surface area contributed by atoms with E-state index in [0.717, 1.165) is 27.1 Å². The van der Waals surface area contributed by atoms with Crippen LogP contribution in [0.25, 0.3) is 0 Å². The number of aryl methyl sites for hydroxylation is 1. The van der Waals surface area contributed by atoms with Crippen LogP contribution >= 0.6 is 15.9 Å². The molecular formula is C11H16BrNO3. The van der Waals surface area contributed by atoms with Gasteiger partial charge in [-0.15, -0.1) is 0 Å². The van der Waals surface area contributed by atoms with Crippen LogP contribution in [0.4, 0.5) is 0 Å². The average molecular weight is 290 g/mol. The van der Waals surface area contributed by atoms with Crippen molar-refractivity contribution in [3.8, 4) is 11.5 Å². The molecule has 0 heterocycles. The number of benzene rings is 1. The lowest BCUT2D eigenvalue weighted by Crippen LogP contribution is -2.06. The number of hydrogen-bond donors (Lipinski definition) is 1. The van der Waals surface area contributed by atoms with Crippen molar-refractivity contribution in [2.75, 3.05) is 20.8 Å². The Morgan fingerprint density at radius 1 is 1.31 bits per heavy atom. The van der Waals surface area contributed by atoms with E-state index in [1.54, 1.807) is 14.2 Å². The molecule has 2 N–H and O–H groups in total. The molecule has 0 aromatic heterocycles. The third kappa shape index (κ3) is 2.66. The highest BCUT2D eigenvalue weighted by Crippen LogP contribution is 2.38. The van der Waals surface area contributed by atoms with E-state index in [1.807, 2.05) is 13.0 Å². The minimum absolute atomic E-state index is 0.432. The molecule has 90 valence electrons. The van der Waals surface area contributed by atoms with Crippen LogP contribution in [0.5, 0.6) is 11.5 Å². The third-order valence-electron chi connectivity index (χ3n) is 2.36. The van der Waals surface area contributed by atoms with Crippen LogP contribution in [0.3, 0.4) is 0 Å². The third-order valence-corrected chi connectivity index (χ3v) is 3.20. The van der Waals surface area contributed by atoms with Gasteiger partial charge in [0.25, 0.3) is 0 Å². The Bertz CT molecular complexity index is 369. The molecular weight excluding hydrogens is 274 g/mol. The Morgan fingerprint density at radius 2 is 2.00 bits per heavy atom. The van der Waals surface area contributed by atoms with Crippen LogP contribution in [0.15, 0.2) is 10.5 Å². The summed E-state index contributed by atoms with van der Waals surface area (Å²) in [5, 5.41) is 0. The van der Waals surface area contributed by atoms with Crippen LogP contribution in [0.2, 0.25) is 0 Å². The molecule has 0 aliphatic carbocycles. The molecule has 0 amide bonds. The quantitative estimate of drug-likeness (QED) is 0.845. The molecule has 0 unspecified atom stereocenters. The topological polar surface area (TPSA) is 53.7 Å². The molecule has 0 spiro atoms. The number of nitrogens with two attached hydrogens (primary N) is 1. The van der Waals surface area contributed by atoms with Crippen molar-refractivity contribution in [2.45, 2.75) is 13.3 Å². The summed E-state index contributed by atoms with van der Waals surface area (Å²) in [4.78, 5) is 4.59. The largest absolute Gasteiger partial charge is 0.496 e. The number of methoxy groups -OCH3 is 2. The predicted molar refractivity (Wildman–Crippen MR) is 65.8 cm³/mol. The maximum absolute atomic E-state index is 5.32. The molecule has 0 saturated carbocycles. The normalized spacial score (nSPS) is 10.3. The lowest BCUT2D eigenvalue weighted by Gasteiger charge is -2.15. The summed E-state index contributed by atoms with van der Waals surface area (Å²) in [7, 11) is 3.28. The van der Waals surface area contributed by atoms with Gasteiger partial charge in [0.15, 0.2) is 0 Å². The van der Waals surface area contributed by atoms with Crippen molar-refractivity contribution >= 4 is 15.9 Å². The van der Waals surface area contributed by atoms with Gasteiger partial charge in [0.2, 0.25) is 0 Å². The van der Waals surface area contributed by atoms with Crippen molar-refractivity contribution in [3.63, 3.8) is 0 Å². The second-order valence-corrected chi connectivity index (χ2v) is 4.14. The van der Waals surface area contributed by atoms with Gasteiger partial charge in [0.1, 0.15) is 11.5 Å². The number of rotatable bonds is 5. The van der Waals surface area contributed by atoms with E-state index < -0.39 is 0 Å². The molecule has 0 bridgehead atoms. The fraction of sp³-hybridized carbons (Fsp3) is 0.455. The van der Waals surface area contributed by atoms with Crippen molar-refractivity contribution in [3.05, 3.63) is 21.7 Å². The van der Waals surface area contributed by atoms with Gasteiger partial charge in [0.05, 0.1) is 25.3 Å². The van der Waals surface area contributed by atoms with Crippen molar-refractivity contribution < 1.29 is 14.3 Å². The van der Waals surface area contributed by atoms with E-state index in [2.05, 4.69) is 20.8 Å². The van der Waals surface area contributed by atoms with Gasteiger partial charge in [-0.3, -0.25) is 0 Å². The summed E-state index contributed by atoms with van der Waals surface area (Å²) in [6, 6.07) is 1.94. The highest BCUT2D eigenvalue weighted by atomic mass is 79.9. The monoisotopic (exact) mass is 289 g/mol. The van der Waals surface area contributed by atoms with E-state index in [-0.39, 0.29) is 0 Å². The molecule has 0 saturated heterocycles. The molecule has 1 aromatic rings. The average Bonchev–Trinajstić information content (AvgIpc) is 2.28. The molecule has 5 heteroatoms. The molecule has 0 atom stereocenters. The highest BCUT2D eigenvalue weighted by molar-refractivity contribution is 9.10. The first-order valence-electron chi connectivity index (χ1n) is 4.87. The zero-order valence-corrected chi connectivity index (χ0v) is 11.3. The summed E-state index contributed by atoms with van der Waals surface area (Å²) in [5.74, 6) is 6.65. The summed E-state index contributed by atoms with van der Waals surface area (Å²) < 4.78 is 11.5. The number of ether oxygens (including phenoxy) is 2. The zero-order valence-electron chi connectivity index (χ0n) is 9.67. The van der Waals surface area contributed by atoms with Gasteiger partial charge < -0.3 is 14.3 Å². The molecule has 0 fully saturated rings. The lowest BCUT2D eigenvalue weighted by molar-refractivity contribution is 0.140. The minimum Gasteiger partial charge on any atom is -0.496 e. The summed E-state index contributed by atoms with van der Waals surface area (Å²) in [6.07, 6.45) is 0.664. The second kappa shape index (κ2) is 6.08. The van der Waals surface area contributed by atoms with Crippen LogP contribution < -0.4 is 15.4 Å². The van der Waals surface area contributed by atoms with Gasteiger partial charge in [-0.05, 0) is 34.5 Å². The van der Waals surface area contributed by atoms with Crippen LogP contribution in [-0.4, -0.2) is 20.8 Å². The van der Waals surface area contributed by atoms with Crippen molar-refractivity contribution in [1.82, 2.24) is 0 Å². The fourth-order valence-electron chi connectivity index (χ4n) is 1.59. The second-order valence-electron chi connectivity index (χ2n) is 3.34. The molecule has 1 rings (SSSR count). The van der Waals surface area contributed by atoms with Crippen molar-refractivity contribution in [2.24, 2.45) is 5.90 Å².